The van der Waals surface area contributed by atoms with E-state index in [9.17, 15) is 0 Å². The highest BCUT2D eigenvalue weighted by atomic mass is 35.5. The van der Waals surface area contributed by atoms with Crippen LogP contribution in [0.5, 0.6) is 11.5 Å². The van der Waals surface area contributed by atoms with Gasteiger partial charge in [0.2, 0.25) is 0 Å². The summed E-state index contributed by atoms with van der Waals surface area (Å²) in [5.74, 6) is 1.25. The van der Waals surface area contributed by atoms with E-state index in [-0.39, 0.29) is 0 Å². The third-order valence-electron chi connectivity index (χ3n) is 3.93. The Morgan fingerprint density at radius 2 is 1.81 bits per heavy atom. The molecule has 1 N–H and O–H groups in total. The van der Waals surface area contributed by atoms with Crippen molar-refractivity contribution in [1.29, 1.82) is 0 Å². The zero-order valence-electron chi connectivity index (χ0n) is 15.5. The number of rotatable bonds is 11. The second kappa shape index (κ2) is 11.3. The number of unbranched alkanes of at least 4 members (excludes halogenated alkanes) is 2. The Morgan fingerprint density at radius 1 is 0.962 bits per heavy atom. The van der Waals surface area contributed by atoms with Gasteiger partial charge in [-0.05, 0) is 55.3 Å². The molecule has 142 valence electrons. The van der Waals surface area contributed by atoms with Gasteiger partial charge in [-0.25, -0.2) is 0 Å². The van der Waals surface area contributed by atoms with Crippen molar-refractivity contribution >= 4 is 23.2 Å². The lowest BCUT2D eigenvalue weighted by atomic mass is 10.2. The van der Waals surface area contributed by atoms with Gasteiger partial charge >= 0.3 is 0 Å². The quantitative estimate of drug-likeness (QED) is 0.456. The number of benzene rings is 2. The maximum absolute atomic E-state index is 6.47. The molecule has 0 saturated heterocycles. The van der Waals surface area contributed by atoms with E-state index in [4.69, 9.17) is 32.7 Å². The van der Waals surface area contributed by atoms with Crippen molar-refractivity contribution in [2.45, 2.75) is 46.3 Å². The van der Waals surface area contributed by atoms with Gasteiger partial charge < -0.3 is 14.8 Å². The number of hydrogen-bond acceptors (Lipinski definition) is 3. The maximum Gasteiger partial charge on any atom is 0.180 e. The zero-order chi connectivity index (χ0) is 18.8. The van der Waals surface area contributed by atoms with Gasteiger partial charge in [0.15, 0.2) is 11.5 Å². The van der Waals surface area contributed by atoms with Gasteiger partial charge in [0.25, 0.3) is 0 Å². The fourth-order valence-corrected chi connectivity index (χ4v) is 3.14. The van der Waals surface area contributed by atoms with Gasteiger partial charge in [0.1, 0.15) is 6.61 Å². The molecule has 0 spiro atoms. The van der Waals surface area contributed by atoms with Crippen LogP contribution in [0.1, 0.15) is 44.2 Å². The monoisotopic (exact) mass is 395 g/mol. The highest BCUT2D eigenvalue weighted by Crippen LogP contribution is 2.37. The summed E-state index contributed by atoms with van der Waals surface area (Å²) < 4.78 is 11.7. The topological polar surface area (TPSA) is 30.5 Å². The Bertz CT molecular complexity index is 692. The first kappa shape index (κ1) is 20.9. The SMILES string of the molecule is CCCCCNCc1cc(Cl)c(OCc2cccc(Cl)c2)c(OCC)c1. The van der Waals surface area contributed by atoms with Crippen molar-refractivity contribution in [3.8, 4) is 11.5 Å². The molecule has 0 aliphatic rings. The number of halogens is 2. The Kier molecular flexibility index (Phi) is 9.10. The summed E-state index contributed by atoms with van der Waals surface area (Å²) in [6, 6.07) is 11.5. The highest BCUT2D eigenvalue weighted by Gasteiger charge is 2.13. The Labute approximate surface area is 166 Å². The van der Waals surface area contributed by atoms with Crippen molar-refractivity contribution < 1.29 is 9.47 Å². The summed E-state index contributed by atoms with van der Waals surface area (Å²) in [6.45, 7) is 6.85. The van der Waals surface area contributed by atoms with Gasteiger partial charge in [0, 0.05) is 11.6 Å². The minimum absolute atomic E-state index is 0.384. The van der Waals surface area contributed by atoms with Crippen molar-refractivity contribution in [2.75, 3.05) is 13.2 Å². The van der Waals surface area contributed by atoms with Crippen LogP contribution in [0.4, 0.5) is 0 Å². The number of ether oxygens (including phenoxy) is 2. The van der Waals surface area contributed by atoms with E-state index in [0.717, 1.165) is 24.2 Å². The molecule has 0 fully saturated rings. The van der Waals surface area contributed by atoms with E-state index < -0.39 is 0 Å². The molecule has 0 aliphatic heterocycles. The van der Waals surface area contributed by atoms with Crippen LogP contribution < -0.4 is 14.8 Å². The van der Waals surface area contributed by atoms with E-state index >= 15 is 0 Å². The highest BCUT2D eigenvalue weighted by molar-refractivity contribution is 6.32. The average Bonchev–Trinajstić information content (AvgIpc) is 2.61. The summed E-state index contributed by atoms with van der Waals surface area (Å²) in [7, 11) is 0. The van der Waals surface area contributed by atoms with Crippen LogP contribution in [0.15, 0.2) is 36.4 Å². The van der Waals surface area contributed by atoms with Crippen molar-refractivity contribution in [3.63, 3.8) is 0 Å². The fraction of sp³-hybridized carbons (Fsp3) is 0.429. The van der Waals surface area contributed by atoms with E-state index in [1.54, 1.807) is 0 Å². The molecule has 0 amide bonds. The van der Waals surface area contributed by atoms with Gasteiger partial charge in [-0.15, -0.1) is 0 Å². The molecule has 0 radical (unpaired) electrons. The smallest absolute Gasteiger partial charge is 0.180 e. The van der Waals surface area contributed by atoms with Crippen LogP contribution in [0.3, 0.4) is 0 Å². The van der Waals surface area contributed by atoms with Crippen LogP contribution in [0.2, 0.25) is 10.0 Å². The Balaban J connectivity index is 2.05. The average molecular weight is 396 g/mol. The molecule has 0 heterocycles. The molecule has 2 rings (SSSR count). The first-order valence-electron chi connectivity index (χ1n) is 9.17. The van der Waals surface area contributed by atoms with E-state index in [2.05, 4.69) is 12.2 Å². The third-order valence-corrected chi connectivity index (χ3v) is 4.44. The van der Waals surface area contributed by atoms with E-state index in [1.807, 2.05) is 43.3 Å². The van der Waals surface area contributed by atoms with Crippen molar-refractivity contribution in [2.24, 2.45) is 0 Å². The predicted octanol–water partition coefficient (Wildman–Crippen LogP) is 6.25. The molecule has 5 heteroatoms. The first-order chi connectivity index (χ1) is 12.6. The number of hydrogen-bond donors (Lipinski definition) is 1. The minimum Gasteiger partial charge on any atom is -0.490 e. The molecule has 26 heavy (non-hydrogen) atoms. The summed E-state index contributed by atoms with van der Waals surface area (Å²) in [4.78, 5) is 0. The molecule has 0 bridgehead atoms. The lowest BCUT2D eigenvalue weighted by molar-refractivity contribution is 0.269. The van der Waals surface area contributed by atoms with Gasteiger partial charge in [-0.2, -0.15) is 0 Å². The van der Waals surface area contributed by atoms with Crippen LogP contribution in [-0.2, 0) is 13.2 Å². The maximum atomic E-state index is 6.47. The van der Waals surface area contributed by atoms with E-state index in [1.165, 1.54) is 19.3 Å². The molecular weight excluding hydrogens is 369 g/mol. The molecule has 0 saturated carbocycles. The minimum atomic E-state index is 0.384. The second-order valence-electron chi connectivity index (χ2n) is 6.14. The molecule has 2 aromatic carbocycles. The standard InChI is InChI=1S/C21H27Cl2NO2/c1-3-5-6-10-24-14-17-12-19(23)21(20(13-17)25-4-2)26-15-16-8-7-9-18(22)11-16/h7-9,11-13,24H,3-6,10,14-15H2,1-2H3. The first-order valence-corrected chi connectivity index (χ1v) is 9.92. The zero-order valence-corrected chi connectivity index (χ0v) is 17.0. The van der Waals surface area contributed by atoms with E-state index in [0.29, 0.717) is 34.8 Å². The molecule has 0 unspecified atom stereocenters. The normalized spacial score (nSPS) is 10.8. The van der Waals surface area contributed by atoms with Crippen LogP contribution in [-0.4, -0.2) is 13.2 Å². The molecule has 2 aromatic rings. The van der Waals surface area contributed by atoms with Crippen LogP contribution in [0, 0.1) is 0 Å². The van der Waals surface area contributed by atoms with Crippen LogP contribution >= 0.6 is 23.2 Å². The number of nitrogens with one attached hydrogen (secondary N) is 1. The largest absolute Gasteiger partial charge is 0.490 e. The summed E-state index contributed by atoms with van der Waals surface area (Å²) in [5.41, 5.74) is 2.07. The van der Waals surface area contributed by atoms with Gasteiger partial charge in [0.05, 0.1) is 11.6 Å². The second-order valence-corrected chi connectivity index (χ2v) is 6.98. The van der Waals surface area contributed by atoms with Crippen molar-refractivity contribution in [3.05, 3.63) is 57.6 Å². The van der Waals surface area contributed by atoms with Crippen LogP contribution in [0.25, 0.3) is 0 Å². The molecular formula is C21H27Cl2NO2. The van der Waals surface area contributed by atoms with Crippen molar-refractivity contribution in [1.82, 2.24) is 5.32 Å². The predicted molar refractivity (Wildman–Crippen MR) is 110 cm³/mol. The molecule has 3 nitrogen and oxygen atoms in total. The summed E-state index contributed by atoms with van der Waals surface area (Å²) in [6.07, 6.45) is 3.65. The molecule has 0 atom stereocenters. The molecule has 0 aromatic heterocycles. The molecule has 0 aliphatic carbocycles. The van der Waals surface area contributed by atoms with Gasteiger partial charge in [-0.1, -0.05) is 55.1 Å². The third kappa shape index (κ3) is 6.71. The Hall–Kier alpha value is -1.42. The fourth-order valence-electron chi connectivity index (χ4n) is 2.64. The lowest BCUT2D eigenvalue weighted by Gasteiger charge is -2.16. The Morgan fingerprint density at radius 3 is 2.54 bits per heavy atom. The van der Waals surface area contributed by atoms with Gasteiger partial charge in [-0.3, -0.25) is 0 Å². The lowest BCUT2D eigenvalue weighted by Crippen LogP contribution is -2.14. The summed E-state index contributed by atoms with van der Waals surface area (Å²) in [5, 5.41) is 4.69. The summed E-state index contributed by atoms with van der Waals surface area (Å²) >= 11 is 12.5.